The number of likely N-dealkylation sites (N-methyl/N-ethyl adjacent to an activating group) is 1. The van der Waals surface area contributed by atoms with Crippen LogP contribution in [0.4, 0.5) is 0 Å². The molecule has 5 nitrogen and oxygen atoms in total. The lowest BCUT2D eigenvalue weighted by molar-refractivity contribution is -0.873. The fraction of sp³-hybridized carbons (Fsp3) is 0.630. The molecule has 5 heteroatoms. The molecular weight excluding hydrogens is 402 g/mol. The summed E-state index contributed by atoms with van der Waals surface area (Å²) in [7, 11) is 2.90. The van der Waals surface area contributed by atoms with Crippen molar-refractivity contribution < 1.29 is 28.0 Å². The molecule has 0 spiro atoms. The number of carbonyl (C=O) groups is 2. The summed E-state index contributed by atoms with van der Waals surface area (Å²) in [4.78, 5) is 23.1. The summed E-state index contributed by atoms with van der Waals surface area (Å²) in [5, 5.41) is 11.0. The SMILES string of the molecule is [2H]C([2H])([2H])[N+](C)(C)C[C@@H](CC(=O)[O-])OC(=O)CCC/C=C\C/C=C\C/C=C\C/C=C\CCCCC. The van der Waals surface area contributed by atoms with Gasteiger partial charge in [0.2, 0.25) is 0 Å². The molecule has 0 heterocycles. The average Bonchev–Trinajstić information content (AvgIpc) is 2.74. The van der Waals surface area contributed by atoms with E-state index in [1.807, 2.05) is 12.2 Å². The third kappa shape index (κ3) is 22.5. The molecule has 182 valence electrons. The van der Waals surface area contributed by atoms with Gasteiger partial charge in [0.25, 0.3) is 0 Å². The molecule has 0 aromatic carbocycles. The zero-order chi connectivity index (χ0) is 26.6. The summed E-state index contributed by atoms with van der Waals surface area (Å²) >= 11 is 0. The maximum Gasteiger partial charge on any atom is 0.306 e. The predicted octanol–water partition coefficient (Wildman–Crippen LogP) is 4.89. The molecule has 0 saturated carbocycles. The Morgan fingerprint density at radius 3 is 1.94 bits per heavy atom. The highest BCUT2D eigenvalue weighted by atomic mass is 16.5. The molecule has 0 aliphatic heterocycles. The molecular formula is C27H45NO4. The summed E-state index contributed by atoms with van der Waals surface area (Å²) in [6.45, 7) is -0.268. The van der Waals surface area contributed by atoms with Crippen LogP contribution in [0.1, 0.15) is 81.7 Å². The minimum Gasteiger partial charge on any atom is -0.550 e. The highest BCUT2D eigenvalue weighted by Gasteiger charge is 2.22. The lowest BCUT2D eigenvalue weighted by Gasteiger charge is -2.29. The number of rotatable bonds is 19. The molecule has 0 N–H and O–H groups in total. The Labute approximate surface area is 200 Å². The summed E-state index contributed by atoms with van der Waals surface area (Å²) in [5.74, 6) is -1.91. The number of carbonyl (C=O) groups excluding carboxylic acids is 2. The zero-order valence-corrected chi connectivity index (χ0v) is 20.3. The smallest absolute Gasteiger partial charge is 0.306 e. The molecule has 0 aromatic rings. The van der Waals surface area contributed by atoms with Gasteiger partial charge in [0, 0.05) is 18.8 Å². The van der Waals surface area contributed by atoms with E-state index >= 15 is 0 Å². The third-order valence-electron chi connectivity index (χ3n) is 4.56. The van der Waals surface area contributed by atoms with Crippen LogP contribution in [0.2, 0.25) is 0 Å². The number of allylic oxidation sites excluding steroid dienone is 8. The predicted molar refractivity (Wildman–Crippen MR) is 131 cm³/mol. The first-order valence-electron chi connectivity index (χ1n) is 13.3. The monoisotopic (exact) mass is 450 g/mol. The Kier molecular flexibility index (Phi) is 15.0. The molecule has 0 radical (unpaired) electrons. The molecule has 32 heavy (non-hydrogen) atoms. The quantitative estimate of drug-likeness (QED) is 0.122. The van der Waals surface area contributed by atoms with Crippen LogP contribution in [-0.4, -0.2) is 50.1 Å². The van der Waals surface area contributed by atoms with Crippen molar-refractivity contribution in [2.45, 2.75) is 83.7 Å². The second-order valence-electron chi connectivity index (χ2n) is 8.54. The van der Waals surface area contributed by atoms with Crippen LogP contribution in [0.25, 0.3) is 0 Å². The second kappa shape index (κ2) is 19.5. The van der Waals surface area contributed by atoms with E-state index in [2.05, 4.69) is 43.4 Å². The van der Waals surface area contributed by atoms with E-state index in [1.165, 1.54) is 39.8 Å². The number of ether oxygens (including phenoxy) is 1. The molecule has 0 aliphatic rings. The van der Waals surface area contributed by atoms with E-state index < -0.39 is 35.9 Å². The van der Waals surface area contributed by atoms with Crippen LogP contribution in [-0.2, 0) is 14.3 Å². The maximum absolute atomic E-state index is 12.1. The summed E-state index contributed by atoms with van der Waals surface area (Å²) in [6.07, 6.45) is 24.6. The van der Waals surface area contributed by atoms with Gasteiger partial charge < -0.3 is 19.1 Å². The van der Waals surface area contributed by atoms with E-state index in [-0.39, 0.29) is 13.0 Å². The first kappa shape index (κ1) is 24.5. The van der Waals surface area contributed by atoms with Crippen molar-refractivity contribution in [2.75, 3.05) is 27.6 Å². The van der Waals surface area contributed by atoms with Gasteiger partial charge >= 0.3 is 5.97 Å². The molecule has 0 bridgehead atoms. The number of nitrogens with zero attached hydrogens (tertiary/aromatic N) is 1. The van der Waals surface area contributed by atoms with Gasteiger partial charge in [-0.15, -0.1) is 0 Å². The number of hydrogen-bond acceptors (Lipinski definition) is 4. The van der Waals surface area contributed by atoms with Gasteiger partial charge in [-0.2, -0.15) is 0 Å². The highest BCUT2D eigenvalue weighted by molar-refractivity contribution is 5.70. The van der Waals surface area contributed by atoms with Crippen LogP contribution in [0.15, 0.2) is 48.6 Å². The van der Waals surface area contributed by atoms with E-state index in [0.29, 0.717) is 12.8 Å². The lowest BCUT2D eigenvalue weighted by Crippen LogP contribution is -2.45. The molecule has 0 unspecified atom stereocenters. The van der Waals surface area contributed by atoms with Crippen molar-refractivity contribution in [1.82, 2.24) is 0 Å². The number of unbranched alkanes of at least 4 members (excludes halogenated alkanes) is 4. The van der Waals surface area contributed by atoms with Crippen molar-refractivity contribution >= 4 is 11.9 Å². The average molecular weight is 451 g/mol. The Balaban J connectivity index is 4.09. The van der Waals surface area contributed by atoms with Gasteiger partial charge in [-0.1, -0.05) is 68.4 Å². The number of quaternary nitrogens is 1. The van der Waals surface area contributed by atoms with Gasteiger partial charge in [0.05, 0.1) is 25.2 Å². The topological polar surface area (TPSA) is 66.4 Å². The second-order valence-corrected chi connectivity index (χ2v) is 8.54. The first-order valence-corrected chi connectivity index (χ1v) is 11.8. The van der Waals surface area contributed by atoms with Crippen LogP contribution < -0.4 is 5.11 Å². The highest BCUT2D eigenvalue weighted by Crippen LogP contribution is 2.08. The molecule has 0 aliphatic carbocycles. The largest absolute Gasteiger partial charge is 0.550 e. The fourth-order valence-corrected chi connectivity index (χ4v) is 3.01. The maximum atomic E-state index is 12.1. The standard InChI is InChI=1S/C27H45NO4/c1-5-6-7-8-9-10-11-12-13-14-15-16-17-18-19-20-21-22-27(31)32-25(23-26(29)30)24-28(2,3)4/h9-10,12-13,15-16,18-19,25H,5-8,11,14,17,20-24H2,1-4H3/b10-9-,13-12-,16-15-,19-18-/t25-/m1/s1/i2D3. The molecule has 1 atom stereocenters. The normalized spacial score (nSPS) is 15.4. The number of carboxylic acid groups (broad SMARTS) is 1. The Morgan fingerprint density at radius 2 is 1.44 bits per heavy atom. The molecule has 0 rings (SSSR count). The zero-order valence-electron chi connectivity index (χ0n) is 23.3. The Morgan fingerprint density at radius 1 is 0.906 bits per heavy atom. The Hall–Kier alpha value is -2.14. The molecule has 0 aromatic heterocycles. The fourth-order valence-electron chi connectivity index (χ4n) is 3.01. The number of hydrogen-bond donors (Lipinski definition) is 0. The minimum absolute atomic E-state index is 0.132. The third-order valence-corrected chi connectivity index (χ3v) is 4.56. The lowest BCUT2D eigenvalue weighted by atomic mass is 10.2. The van der Waals surface area contributed by atoms with Crippen LogP contribution >= 0.6 is 0 Å². The van der Waals surface area contributed by atoms with Gasteiger partial charge in [0.1, 0.15) is 6.54 Å². The van der Waals surface area contributed by atoms with Crippen molar-refractivity contribution in [3.05, 3.63) is 48.6 Å². The van der Waals surface area contributed by atoms with Crippen LogP contribution in [0.3, 0.4) is 0 Å². The van der Waals surface area contributed by atoms with Crippen molar-refractivity contribution in [2.24, 2.45) is 0 Å². The van der Waals surface area contributed by atoms with Gasteiger partial charge in [-0.25, -0.2) is 0 Å². The van der Waals surface area contributed by atoms with Crippen LogP contribution in [0.5, 0.6) is 0 Å². The number of carboxylic acids is 1. The molecule has 0 amide bonds. The van der Waals surface area contributed by atoms with Crippen molar-refractivity contribution in [1.29, 1.82) is 0 Å². The van der Waals surface area contributed by atoms with Crippen molar-refractivity contribution in [3.63, 3.8) is 0 Å². The number of aliphatic carboxylic acids is 1. The van der Waals surface area contributed by atoms with Gasteiger partial charge in [-0.05, 0) is 44.9 Å². The number of esters is 1. The summed E-state index contributed by atoms with van der Waals surface area (Å²) in [5.41, 5.74) is 0. The molecule has 0 saturated heterocycles. The van der Waals surface area contributed by atoms with E-state index in [4.69, 9.17) is 8.85 Å². The molecule has 0 fully saturated rings. The van der Waals surface area contributed by atoms with E-state index in [9.17, 15) is 14.7 Å². The minimum atomic E-state index is -2.35. The van der Waals surface area contributed by atoms with Crippen molar-refractivity contribution in [3.8, 4) is 0 Å². The van der Waals surface area contributed by atoms with Gasteiger partial charge in [-0.3, -0.25) is 4.79 Å². The summed E-state index contributed by atoms with van der Waals surface area (Å²) in [6, 6.07) is 0. The van der Waals surface area contributed by atoms with E-state index in [1.54, 1.807) is 0 Å². The first-order chi connectivity index (χ1) is 16.5. The summed E-state index contributed by atoms with van der Waals surface area (Å²) < 4.78 is 27.5. The Bertz CT molecular complexity index is 710. The van der Waals surface area contributed by atoms with E-state index in [0.717, 1.165) is 19.3 Å². The van der Waals surface area contributed by atoms with Crippen LogP contribution in [0, 0.1) is 0 Å². The van der Waals surface area contributed by atoms with Gasteiger partial charge in [0.15, 0.2) is 6.10 Å².